The summed E-state index contributed by atoms with van der Waals surface area (Å²) in [6.07, 6.45) is 15.7. The molecule has 2 saturated carbocycles. The Balaban J connectivity index is 1.43. The second kappa shape index (κ2) is 11.3. The minimum absolute atomic E-state index is 0.0537. The van der Waals surface area contributed by atoms with Gasteiger partial charge in [0.05, 0.1) is 6.61 Å². The molecular weight excluding hydrogens is 366 g/mol. The Hall–Kier alpha value is -1.12. The van der Waals surface area contributed by atoms with Gasteiger partial charge in [-0.2, -0.15) is 4.39 Å². The van der Waals surface area contributed by atoms with Crippen molar-refractivity contribution in [2.45, 2.75) is 97.3 Å². The summed E-state index contributed by atoms with van der Waals surface area (Å²) in [4.78, 5) is 0. The number of rotatable bonds is 9. The maximum Gasteiger partial charge on any atom is 0.200 e. The van der Waals surface area contributed by atoms with Crippen molar-refractivity contribution in [1.82, 2.24) is 0 Å². The van der Waals surface area contributed by atoms with Gasteiger partial charge < -0.3 is 4.74 Å². The van der Waals surface area contributed by atoms with E-state index in [1.165, 1.54) is 57.8 Å². The number of benzene rings is 1. The lowest BCUT2D eigenvalue weighted by Crippen LogP contribution is -2.25. The van der Waals surface area contributed by atoms with Crippen LogP contribution in [0.15, 0.2) is 12.1 Å². The molecule has 0 heterocycles. The van der Waals surface area contributed by atoms with E-state index in [9.17, 15) is 8.78 Å². The van der Waals surface area contributed by atoms with E-state index in [4.69, 9.17) is 4.74 Å². The molecule has 0 aromatic heterocycles. The van der Waals surface area contributed by atoms with E-state index in [1.54, 1.807) is 12.1 Å². The van der Waals surface area contributed by atoms with E-state index in [2.05, 4.69) is 6.92 Å². The molecule has 0 aliphatic heterocycles. The molecule has 0 spiro atoms. The lowest BCUT2D eigenvalue weighted by molar-refractivity contribution is 0.142. The number of hydrogen-bond donors (Lipinski definition) is 0. The molecule has 2 aliphatic carbocycles. The molecule has 2 fully saturated rings. The summed E-state index contributed by atoms with van der Waals surface area (Å²) < 4.78 is 34.1. The van der Waals surface area contributed by atoms with Gasteiger partial charge in [0.2, 0.25) is 5.82 Å². The average Bonchev–Trinajstić information content (AvgIpc) is 2.77. The molecule has 0 amide bonds. The van der Waals surface area contributed by atoms with Crippen LogP contribution in [0.25, 0.3) is 0 Å². The van der Waals surface area contributed by atoms with Crippen molar-refractivity contribution in [1.29, 1.82) is 0 Å². The monoisotopic (exact) mass is 406 g/mol. The lowest BCUT2D eigenvalue weighted by Gasteiger charge is -2.37. The van der Waals surface area contributed by atoms with Gasteiger partial charge in [-0.05, 0) is 80.2 Å². The molecule has 0 saturated heterocycles. The van der Waals surface area contributed by atoms with E-state index in [0.29, 0.717) is 24.5 Å². The van der Waals surface area contributed by atoms with Crippen LogP contribution in [0, 0.1) is 35.3 Å². The number of ether oxygens (including phenoxy) is 1. The summed E-state index contributed by atoms with van der Waals surface area (Å²) in [5.41, 5.74) is 0.505. The Morgan fingerprint density at radius 2 is 1.45 bits per heavy atom. The second-order valence-corrected chi connectivity index (χ2v) is 9.56. The Morgan fingerprint density at radius 1 is 0.828 bits per heavy atom. The van der Waals surface area contributed by atoms with E-state index in [-0.39, 0.29) is 5.75 Å². The van der Waals surface area contributed by atoms with Crippen LogP contribution < -0.4 is 4.74 Å². The van der Waals surface area contributed by atoms with Crippen molar-refractivity contribution in [3.05, 3.63) is 29.3 Å². The first-order chi connectivity index (χ1) is 14.1. The van der Waals surface area contributed by atoms with E-state index >= 15 is 0 Å². The molecule has 164 valence electrons. The van der Waals surface area contributed by atoms with Gasteiger partial charge in [-0.1, -0.05) is 58.4 Å². The van der Waals surface area contributed by atoms with Gasteiger partial charge in [-0.15, -0.1) is 0 Å². The van der Waals surface area contributed by atoms with E-state index < -0.39 is 11.6 Å². The zero-order valence-corrected chi connectivity index (χ0v) is 18.5. The summed E-state index contributed by atoms with van der Waals surface area (Å²) in [5, 5.41) is 0. The molecule has 29 heavy (non-hydrogen) atoms. The smallest absolute Gasteiger partial charge is 0.200 e. The summed E-state index contributed by atoms with van der Waals surface area (Å²) >= 11 is 0. The SMILES string of the molecule is CCCCOc1ccc(CCC2CCC(C3CCC(CC)CC3)CC2)c(F)c1F. The molecule has 1 aromatic carbocycles. The highest BCUT2D eigenvalue weighted by molar-refractivity contribution is 5.31. The van der Waals surface area contributed by atoms with Crippen LogP contribution in [0.1, 0.15) is 96.5 Å². The van der Waals surface area contributed by atoms with Crippen molar-refractivity contribution < 1.29 is 13.5 Å². The van der Waals surface area contributed by atoms with Crippen LogP contribution in [0.2, 0.25) is 0 Å². The number of hydrogen-bond acceptors (Lipinski definition) is 1. The zero-order valence-electron chi connectivity index (χ0n) is 18.5. The van der Waals surface area contributed by atoms with Crippen LogP contribution in [0.4, 0.5) is 8.78 Å². The number of halogens is 2. The van der Waals surface area contributed by atoms with Crippen LogP contribution in [0.3, 0.4) is 0 Å². The molecule has 0 N–H and O–H groups in total. The van der Waals surface area contributed by atoms with Gasteiger partial charge in [-0.25, -0.2) is 4.39 Å². The van der Waals surface area contributed by atoms with Crippen LogP contribution in [-0.2, 0) is 6.42 Å². The fraction of sp³-hybridized carbons (Fsp3) is 0.769. The zero-order chi connectivity index (χ0) is 20.6. The van der Waals surface area contributed by atoms with Crippen LogP contribution >= 0.6 is 0 Å². The third-order valence-corrected chi connectivity index (χ3v) is 7.73. The average molecular weight is 407 g/mol. The minimum Gasteiger partial charge on any atom is -0.490 e. The highest BCUT2D eigenvalue weighted by Gasteiger charge is 2.30. The van der Waals surface area contributed by atoms with Crippen LogP contribution in [0.5, 0.6) is 5.75 Å². The second-order valence-electron chi connectivity index (χ2n) is 9.56. The van der Waals surface area contributed by atoms with E-state index in [1.807, 2.05) is 6.92 Å². The van der Waals surface area contributed by atoms with Gasteiger partial charge in [0, 0.05) is 0 Å². The molecule has 3 heteroatoms. The predicted octanol–water partition coefficient (Wildman–Crippen LogP) is 8.10. The Labute approximate surface area is 176 Å². The highest BCUT2D eigenvalue weighted by Crippen LogP contribution is 2.42. The lowest BCUT2D eigenvalue weighted by atomic mass is 9.68. The predicted molar refractivity (Wildman–Crippen MR) is 116 cm³/mol. The van der Waals surface area contributed by atoms with Crippen molar-refractivity contribution >= 4 is 0 Å². The molecule has 0 atom stereocenters. The first-order valence-electron chi connectivity index (χ1n) is 12.2. The summed E-state index contributed by atoms with van der Waals surface area (Å²) in [6.45, 7) is 4.82. The topological polar surface area (TPSA) is 9.23 Å². The van der Waals surface area contributed by atoms with Gasteiger partial charge in [0.15, 0.2) is 11.6 Å². The fourth-order valence-corrected chi connectivity index (χ4v) is 5.58. The Bertz CT molecular complexity index is 613. The molecule has 2 aliphatic rings. The summed E-state index contributed by atoms with van der Waals surface area (Å²) in [5.74, 6) is 2.04. The Kier molecular flexibility index (Phi) is 8.81. The van der Waals surface area contributed by atoms with E-state index in [0.717, 1.165) is 37.0 Å². The van der Waals surface area contributed by atoms with Gasteiger partial charge in [0.1, 0.15) is 0 Å². The minimum atomic E-state index is -0.815. The number of unbranched alkanes of at least 4 members (excludes halogenated alkanes) is 1. The van der Waals surface area contributed by atoms with Crippen molar-refractivity contribution in [3.8, 4) is 5.75 Å². The number of aryl methyl sites for hydroxylation is 1. The van der Waals surface area contributed by atoms with Crippen molar-refractivity contribution in [2.75, 3.05) is 6.61 Å². The molecule has 0 radical (unpaired) electrons. The molecule has 0 bridgehead atoms. The van der Waals surface area contributed by atoms with Gasteiger partial charge >= 0.3 is 0 Å². The molecule has 1 aromatic rings. The summed E-state index contributed by atoms with van der Waals surface area (Å²) in [7, 11) is 0. The molecule has 1 nitrogen and oxygen atoms in total. The van der Waals surface area contributed by atoms with Crippen molar-refractivity contribution in [3.63, 3.8) is 0 Å². The van der Waals surface area contributed by atoms with Gasteiger partial charge in [-0.3, -0.25) is 0 Å². The molecular formula is C26H40F2O. The highest BCUT2D eigenvalue weighted by atomic mass is 19.2. The summed E-state index contributed by atoms with van der Waals surface area (Å²) in [6, 6.07) is 3.32. The third kappa shape index (κ3) is 6.18. The quantitative estimate of drug-likeness (QED) is 0.376. The molecule has 3 rings (SSSR count). The first-order valence-corrected chi connectivity index (χ1v) is 12.2. The maximum atomic E-state index is 14.4. The first kappa shape index (κ1) is 22.6. The Morgan fingerprint density at radius 3 is 2.03 bits per heavy atom. The third-order valence-electron chi connectivity index (χ3n) is 7.73. The van der Waals surface area contributed by atoms with Crippen molar-refractivity contribution in [2.24, 2.45) is 23.7 Å². The largest absolute Gasteiger partial charge is 0.490 e. The fourth-order valence-electron chi connectivity index (χ4n) is 5.58. The van der Waals surface area contributed by atoms with Crippen LogP contribution in [-0.4, -0.2) is 6.61 Å². The normalized spacial score (nSPS) is 27.7. The standard InChI is InChI=1S/C26H40F2O/c1-3-5-18-29-24-17-16-23(25(27)26(24)28)15-10-20-8-13-22(14-9-20)21-11-6-19(4-2)7-12-21/h16-17,19-22H,3-15,18H2,1-2H3. The van der Waals surface area contributed by atoms with Gasteiger partial charge in [0.25, 0.3) is 0 Å². The molecule has 0 unspecified atom stereocenters. The maximum absolute atomic E-state index is 14.4.